The summed E-state index contributed by atoms with van der Waals surface area (Å²) in [4.78, 5) is 12.1. The molecule has 0 saturated heterocycles. The minimum absolute atomic E-state index is 0.0436. The number of carbonyl (C=O) groups excluding carboxylic acids is 1. The number of carbonyl (C=O) groups is 1. The summed E-state index contributed by atoms with van der Waals surface area (Å²) in [5.41, 5.74) is 8.79. The van der Waals surface area contributed by atoms with Gasteiger partial charge in [0.25, 0.3) is 0 Å². The number of rotatable bonds is 3. The van der Waals surface area contributed by atoms with Crippen molar-refractivity contribution >= 4 is 16.8 Å². The number of nitrogens with two attached hydrogens (primary N) is 1. The standard InChI is InChI=1S/C16H20FN3O/c1-20-14-4-2-10(16(21)19-7-6-18)8-12(14)13-9-11(17)3-5-15(13)20/h3,5,9-10H,2,4,6-8,18H2,1H3,(H,19,21). The maximum atomic E-state index is 13.5. The Balaban J connectivity index is 1.95. The third kappa shape index (κ3) is 2.42. The smallest absolute Gasteiger partial charge is 0.223 e. The van der Waals surface area contributed by atoms with Crippen molar-refractivity contribution < 1.29 is 9.18 Å². The normalized spacial score (nSPS) is 17.8. The van der Waals surface area contributed by atoms with Gasteiger partial charge in [0.2, 0.25) is 5.91 Å². The van der Waals surface area contributed by atoms with Gasteiger partial charge in [-0.05, 0) is 43.0 Å². The average molecular weight is 289 g/mol. The van der Waals surface area contributed by atoms with Gasteiger partial charge < -0.3 is 15.6 Å². The number of hydrogen-bond acceptors (Lipinski definition) is 2. The molecule has 0 fully saturated rings. The minimum Gasteiger partial charge on any atom is -0.355 e. The second-order valence-corrected chi connectivity index (χ2v) is 5.67. The molecular formula is C16H20FN3O. The third-order valence-electron chi connectivity index (χ3n) is 4.39. The topological polar surface area (TPSA) is 60.0 Å². The second-order valence-electron chi connectivity index (χ2n) is 5.67. The van der Waals surface area contributed by atoms with E-state index in [1.165, 1.54) is 11.8 Å². The number of nitrogens with one attached hydrogen (secondary N) is 1. The van der Waals surface area contributed by atoms with Crippen LogP contribution in [0.15, 0.2) is 18.2 Å². The number of aromatic nitrogens is 1. The lowest BCUT2D eigenvalue weighted by molar-refractivity contribution is -0.125. The summed E-state index contributed by atoms with van der Waals surface area (Å²) in [7, 11) is 2.01. The van der Waals surface area contributed by atoms with Gasteiger partial charge in [0.05, 0.1) is 0 Å². The van der Waals surface area contributed by atoms with Crippen molar-refractivity contribution in [3.8, 4) is 0 Å². The quantitative estimate of drug-likeness (QED) is 0.899. The summed E-state index contributed by atoms with van der Waals surface area (Å²) < 4.78 is 15.7. The highest BCUT2D eigenvalue weighted by Gasteiger charge is 2.28. The number of aryl methyl sites for hydroxylation is 1. The number of benzene rings is 1. The Labute approximate surface area is 123 Å². The zero-order chi connectivity index (χ0) is 15.0. The van der Waals surface area contributed by atoms with E-state index in [4.69, 9.17) is 5.73 Å². The minimum atomic E-state index is -0.231. The number of nitrogens with zero attached hydrogens (tertiary/aromatic N) is 1. The van der Waals surface area contributed by atoms with Crippen LogP contribution in [0.25, 0.3) is 10.9 Å². The molecule has 0 spiro atoms. The van der Waals surface area contributed by atoms with Gasteiger partial charge >= 0.3 is 0 Å². The van der Waals surface area contributed by atoms with Crippen LogP contribution in [0.1, 0.15) is 17.7 Å². The molecule has 5 heteroatoms. The van der Waals surface area contributed by atoms with E-state index in [0.29, 0.717) is 19.5 Å². The third-order valence-corrected chi connectivity index (χ3v) is 4.39. The molecule has 1 aromatic carbocycles. The summed E-state index contributed by atoms with van der Waals surface area (Å²) >= 11 is 0. The summed E-state index contributed by atoms with van der Waals surface area (Å²) in [6, 6.07) is 4.88. The highest BCUT2D eigenvalue weighted by molar-refractivity contribution is 5.87. The van der Waals surface area contributed by atoms with E-state index in [0.717, 1.165) is 29.3 Å². The first kappa shape index (κ1) is 14.1. The first-order valence-corrected chi connectivity index (χ1v) is 7.35. The Morgan fingerprint density at radius 1 is 1.52 bits per heavy atom. The second kappa shape index (κ2) is 5.48. The number of amides is 1. The molecule has 0 radical (unpaired) electrons. The van der Waals surface area contributed by atoms with Gasteiger partial charge in [-0.15, -0.1) is 0 Å². The molecule has 1 atom stereocenters. The fourth-order valence-electron chi connectivity index (χ4n) is 3.32. The van der Waals surface area contributed by atoms with Crippen molar-refractivity contribution in [2.45, 2.75) is 19.3 Å². The first-order chi connectivity index (χ1) is 10.1. The molecule has 112 valence electrons. The molecule has 0 saturated carbocycles. The average Bonchev–Trinajstić information content (AvgIpc) is 2.77. The van der Waals surface area contributed by atoms with Crippen molar-refractivity contribution in [1.29, 1.82) is 0 Å². The molecule has 1 aliphatic rings. The fourth-order valence-corrected chi connectivity index (χ4v) is 3.32. The molecule has 2 aromatic rings. The molecule has 3 N–H and O–H groups in total. The lowest BCUT2D eigenvalue weighted by Crippen LogP contribution is -2.36. The highest BCUT2D eigenvalue weighted by Crippen LogP contribution is 2.34. The molecule has 1 aromatic heterocycles. The van der Waals surface area contributed by atoms with Crippen LogP contribution in [0, 0.1) is 11.7 Å². The largest absolute Gasteiger partial charge is 0.355 e. The van der Waals surface area contributed by atoms with Crippen LogP contribution in [0.2, 0.25) is 0 Å². The lowest BCUT2D eigenvalue weighted by atomic mass is 9.85. The van der Waals surface area contributed by atoms with Crippen molar-refractivity contribution in [2.75, 3.05) is 13.1 Å². The SMILES string of the molecule is Cn1c2c(c3cc(F)ccc31)CC(C(=O)NCCN)CC2. The predicted octanol–water partition coefficient (Wildman–Crippen LogP) is 1.50. The van der Waals surface area contributed by atoms with Crippen LogP contribution in [0.3, 0.4) is 0 Å². The number of halogens is 1. The molecule has 3 rings (SSSR count). The Hall–Kier alpha value is -1.88. The van der Waals surface area contributed by atoms with Gasteiger partial charge in [-0.25, -0.2) is 4.39 Å². The van der Waals surface area contributed by atoms with Crippen molar-refractivity contribution in [1.82, 2.24) is 9.88 Å². The molecule has 0 bridgehead atoms. The van der Waals surface area contributed by atoms with Crippen LogP contribution in [-0.4, -0.2) is 23.6 Å². The van der Waals surface area contributed by atoms with Crippen LogP contribution < -0.4 is 11.1 Å². The van der Waals surface area contributed by atoms with Crippen molar-refractivity contribution in [3.63, 3.8) is 0 Å². The number of fused-ring (bicyclic) bond motifs is 3. The Morgan fingerprint density at radius 3 is 3.10 bits per heavy atom. The number of hydrogen-bond donors (Lipinski definition) is 2. The predicted molar refractivity (Wildman–Crippen MR) is 80.5 cm³/mol. The lowest BCUT2D eigenvalue weighted by Gasteiger charge is -2.22. The fraction of sp³-hybridized carbons (Fsp3) is 0.438. The molecule has 1 unspecified atom stereocenters. The van der Waals surface area contributed by atoms with Gasteiger partial charge in [0, 0.05) is 42.7 Å². The zero-order valence-corrected chi connectivity index (χ0v) is 12.2. The molecule has 1 aliphatic carbocycles. The van der Waals surface area contributed by atoms with E-state index in [1.807, 2.05) is 13.1 Å². The van der Waals surface area contributed by atoms with E-state index in [2.05, 4.69) is 9.88 Å². The summed E-state index contributed by atoms with van der Waals surface area (Å²) in [6.07, 6.45) is 2.35. The Kier molecular flexibility index (Phi) is 3.68. The van der Waals surface area contributed by atoms with E-state index < -0.39 is 0 Å². The van der Waals surface area contributed by atoms with Crippen LogP contribution in [0.4, 0.5) is 4.39 Å². The highest BCUT2D eigenvalue weighted by atomic mass is 19.1. The zero-order valence-electron chi connectivity index (χ0n) is 12.2. The monoisotopic (exact) mass is 289 g/mol. The van der Waals surface area contributed by atoms with E-state index in [-0.39, 0.29) is 17.6 Å². The summed E-state index contributed by atoms with van der Waals surface area (Å²) in [6.45, 7) is 0.954. The maximum absolute atomic E-state index is 13.5. The van der Waals surface area contributed by atoms with Crippen LogP contribution >= 0.6 is 0 Å². The van der Waals surface area contributed by atoms with Crippen LogP contribution in [-0.2, 0) is 24.7 Å². The molecule has 21 heavy (non-hydrogen) atoms. The van der Waals surface area contributed by atoms with Crippen molar-refractivity contribution in [2.24, 2.45) is 18.7 Å². The van der Waals surface area contributed by atoms with Crippen molar-refractivity contribution in [3.05, 3.63) is 35.3 Å². The van der Waals surface area contributed by atoms with Gasteiger partial charge in [0.15, 0.2) is 0 Å². The van der Waals surface area contributed by atoms with Gasteiger partial charge in [-0.3, -0.25) is 4.79 Å². The summed E-state index contributed by atoms with van der Waals surface area (Å²) in [5.74, 6) is -0.219. The van der Waals surface area contributed by atoms with Gasteiger partial charge in [0.1, 0.15) is 5.82 Å². The molecule has 1 amide bonds. The van der Waals surface area contributed by atoms with E-state index >= 15 is 0 Å². The van der Waals surface area contributed by atoms with Gasteiger partial charge in [-0.2, -0.15) is 0 Å². The molecule has 1 heterocycles. The molecular weight excluding hydrogens is 269 g/mol. The Bertz CT molecular complexity index is 692. The van der Waals surface area contributed by atoms with Crippen LogP contribution in [0.5, 0.6) is 0 Å². The molecule has 4 nitrogen and oxygen atoms in total. The summed E-state index contributed by atoms with van der Waals surface area (Å²) in [5, 5.41) is 3.79. The maximum Gasteiger partial charge on any atom is 0.223 e. The molecule has 0 aliphatic heterocycles. The van der Waals surface area contributed by atoms with Gasteiger partial charge in [-0.1, -0.05) is 0 Å². The van der Waals surface area contributed by atoms with E-state index in [9.17, 15) is 9.18 Å². The van der Waals surface area contributed by atoms with E-state index in [1.54, 1.807) is 6.07 Å². The Morgan fingerprint density at radius 2 is 2.33 bits per heavy atom. The first-order valence-electron chi connectivity index (χ1n) is 7.35.